The molecule has 0 fully saturated rings. The largest absolute Gasteiger partial charge is 0.492 e. The van der Waals surface area contributed by atoms with Crippen molar-refractivity contribution in [3.8, 4) is 5.75 Å². The summed E-state index contributed by atoms with van der Waals surface area (Å²) < 4.78 is 31.4. The van der Waals surface area contributed by atoms with Crippen LogP contribution >= 0.6 is 23.2 Å². The number of sulfonamides is 1. The van der Waals surface area contributed by atoms with Crippen LogP contribution in [0.25, 0.3) is 0 Å². The molecule has 3 rings (SSSR count). The molecule has 0 saturated heterocycles. The van der Waals surface area contributed by atoms with Crippen LogP contribution in [0.4, 0.5) is 5.69 Å². The van der Waals surface area contributed by atoms with Crippen molar-refractivity contribution in [2.75, 3.05) is 23.7 Å². The Morgan fingerprint density at radius 1 is 0.969 bits per heavy atom. The van der Waals surface area contributed by atoms with Gasteiger partial charge in [-0.3, -0.25) is 9.10 Å². The van der Waals surface area contributed by atoms with E-state index in [1.54, 1.807) is 72.8 Å². The van der Waals surface area contributed by atoms with Gasteiger partial charge < -0.3 is 10.1 Å². The van der Waals surface area contributed by atoms with Crippen molar-refractivity contribution in [1.29, 1.82) is 0 Å². The number of benzene rings is 3. The van der Waals surface area contributed by atoms with E-state index in [2.05, 4.69) is 5.32 Å². The van der Waals surface area contributed by atoms with Gasteiger partial charge in [0.05, 0.1) is 30.1 Å². The molecule has 0 aromatic heterocycles. The first kappa shape index (κ1) is 23.9. The van der Waals surface area contributed by atoms with Gasteiger partial charge in [-0.15, -0.1) is 0 Å². The van der Waals surface area contributed by atoms with Crippen LogP contribution in [0.2, 0.25) is 10.0 Å². The van der Waals surface area contributed by atoms with Gasteiger partial charge in [-0.05, 0) is 54.1 Å². The highest BCUT2D eigenvalue weighted by Gasteiger charge is 2.20. The molecule has 3 aromatic carbocycles. The molecule has 0 saturated carbocycles. The molecule has 0 aliphatic carbocycles. The van der Waals surface area contributed by atoms with Crippen molar-refractivity contribution < 1.29 is 17.9 Å². The van der Waals surface area contributed by atoms with Crippen LogP contribution in [0.15, 0.2) is 72.8 Å². The Morgan fingerprint density at radius 3 is 2.25 bits per heavy atom. The maximum absolute atomic E-state index is 12.4. The predicted molar refractivity (Wildman–Crippen MR) is 128 cm³/mol. The van der Waals surface area contributed by atoms with Crippen LogP contribution in [0.1, 0.15) is 15.9 Å². The first-order valence-corrected chi connectivity index (χ1v) is 12.3. The molecule has 0 spiro atoms. The normalized spacial score (nSPS) is 11.1. The fraction of sp³-hybridized carbons (Fsp3) is 0.174. The number of amides is 1. The van der Waals surface area contributed by atoms with Crippen molar-refractivity contribution in [3.63, 3.8) is 0 Å². The van der Waals surface area contributed by atoms with Gasteiger partial charge in [-0.1, -0.05) is 47.5 Å². The highest BCUT2D eigenvalue weighted by Crippen LogP contribution is 2.28. The van der Waals surface area contributed by atoms with E-state index in [4.69, 9.17) is 27.9 Å². The van der Waals surface area contributed by atoms with Crippen molar-refractivity contribution in [3.05, 3.63) is 94.0 Å². The maximum Gasteiger partial charge on any atom is 0.251 e. The fourth-order valence-corrected chi connectivity index (χ4v) is 4.24. The van der Waals surface area contributed by atoms with Crippen LogP contribution in [-0.2, 0) is 16.6 Å². The van der Waals surface area contributed by atoms with E-state index in [1.165, 1.54) is 4.31 Å². The molecule has 0 aliphatic heterocycles. The predicted octanol–water partition coefficient (Wildman–Crippen LogP) is 4.77. The fourth-order valence-electron chi connectivity index (χ4n) is 2.93. The molecule has 0 atom stereocenters. The van der Waals surface area contributed by atoms with Crippen molar-refractivity contribution in [2.45, 2.75) is 6.54 Å². The standard InChI is InChI=1S/C23H22Cl2N2O4S/c1-32(29,30)27(22-5-3-2-4-21(22)25)16-17-6-8-18(9-7-17)23(28)26-14-15-31-20-12-10-19(24)11-13-20/h2-13H,14-16H2,1H3,(H,26,28). The lowest BCUT2D eigenvalue weighted by Crippen LogP contribution is -2.30. The number of nitrogens with zero attached hydrogens (tertiary/aromatic N) is 1. The van der Waals surface area contributed by atoms with Gasteiger partial charge in [0, 0.05) is 10.6 Å². The molecular formula is C23H22Cl2N2O4S. The lowest BCUT2D eigenvalue weighted by atomic mass is 10.1. The second-order valence-electron chi connectivity index (χ2n) is 6.98. The summed E-state index contributed by atoms with van der Waals surface area (Å²) in [5, 5.41) is 3.75. The van der Waals surface area contributed by atoms with Gasteiger partial charge in [0.1, 0.15) is 12.4 Å². The number of anilines is 1. The van der Waals surface area contributed by atoms with E-state index in [0.29, 0.717) is 40.2 Å². The monoisotopic (exact) mass is 492 g/mol. The molecule has 168 valence electrons. The average molecular weight is 493 g/mol. The van der Waals surface area contributed by atoms with Gasteiger partial charge in [0.25, 0.3) is 5.91 Å². The average Bonchev–Trinajstić information content (AvgIpc) is 2.76. The number of halogens is 2. The number of nitrogens with one attached hydrogen (secondary N) is 1. The Bertz CT molecular complexity index is 1170. The van der Waals surface area contributed by atoms with Gasteiger partial charge in [-0.2, -0.15) is 0 Å². The third kappa shape index (κ3) is 6.63. The van der Waals surface area contributed by atoms with Gasteiger partial charge in [-0.25, -0.2) is 8.42 Å². The smallest absolute Gasteiger partial charge is 0.251 e. The lowest BCUT2D eigenvalue weighted by Gasteiger charge is -2.23. The number of carbonyl (C=O) groups is 1. The molecule has 0 bridgehead atoms. The minimum Gasteiger partial charge on any atom is -0.492 e. The Morgan fingerprint density at radius 2 is 1.62 bits per heavy atom. The van der Waals surface area contributed by atoms with Crippen LogP contribution in [-0.4, -0.2) is 33.7 Å². The maximum atomic E-state index is 12.4. The molecule has 6 nitrogen and oxygen atoms in total. The zero-order valence-electron chi connectivity index (χ0n) is 17.3. The van der Waals surface area contributed by atoms with E-state index in [1.807, 2.05) is 0 Å². The summed E-state index contributed by atoms with van der Waals surface area (Å²) in [5.74, 6) is 0.421. The Labute approximate surface area is 197 Å². The molecule has 0 heterocycles. The summed E-state index contributed by atoms with van der Waals surface area (Å²) in [5.41, 5.74) is 1.58. The summed E-state index contributed by atoms with van der Waals surface area (Å²) in [4.78, 5) is 12.4. The number of ether oxygens (including phenoxy) is 1. The molecule has 0 aliphatic rings. The van der Waals surface area contributed by atoms with Crippen LogP contribution in [0, 0.1) is 0 Å². The number of hydrogen-bond acceptors (Lipinski definition) is 4. The Hall–Kier alpha value is -2.74. The zero-order chi connectivity index (χ0) is 23.1. The number of rotatable bonds is 9. The minimum atomic E-state index is -3.56. The number of hydrogen-bond donors (Lipinski definition) is 1. The topological polar surface area (TPSA) is 75.7 Å². The van der Waals surface area contributed by atoms with Gasteiger partial charge in [0.2, 0.25) is 10.0 Å². The molecule has 1 amide bonds. The first-order chi connectivity index (χ1) is 15.2. The third-order valence-electron chi connectivity index (χ3n) is 4.53. The lowest BCUT2D eigenvalue weighted by molar-refractivity contribution is 0.0947. The Balaban J connectivity index is 1.58. The van der Waals surface area contributed by atoms with E-state index < -0.39 is 10.0 Å². The second-order valence-corrected chi connectivity index (χ2v) is 9.73. The highest BCUT2D eigenvalue weighted by molar-refractivity contribution is 7.92. The minimum absolute atomic E-state index is 0.0966. The van der Waals surface area contributed by atoms with Crippen molar-refractivity contribution in [1.82, 2.24) is 5.32 Å². The first-order valence-electron chi connectivity index (χ1n) is 9.72. The quantitative estimate of drug-likeness (QED) is 0.436. The molecule has 0 unspecified atom stereocenters. The van der Waals surface area contributed by atoms with Crippen molar-refractivity contribution >= 4 is 44.8 Å². The summed E-state index contributed by atoms with van der Waals surface area (Å²) in [7, 11) is -3.56. The van der Waals surface area contributed by atoms with E-state index in [-0.39, 0.29) is 12.5 Å². The molecule has 0 radical (unpaired) electrons. The SMILES string of the molecule is CS(=O)(=O)N(Cc1ccc(C(=O)NCCOc2ccc(Cl)cc2)cc1)c1ccccc1Cl. The van der Waals surface area contributed by atoms with Gasteiger partial charge >= 0.3 is 0 Å². The van der Waals surface area contributed by atoms with Crippen LogP contribution < -0.4 is 14.4 Å². The third-order valence-corrected chi connectivity index (χ3v) is 6.23. The van der Waals surface area contributed by atoms with Crippen molar-refractivity contribution in [2.24, 2.45) is 0 Å². The summed E-state index contributed by atoms with van der Waals surface area (Å²) in [6.45, 7) is 0.740. The van der Waals surface area contributed by atoms with E-state index in [9.17, 15) is 13.2 Å². The van der Waals surface area contributed by atoms with Crippen LogP contribution in [0.3, 0.4) is 0 Å². The van der Waals surface area contributed by atoms with Crippen LogP contribution in [0.5, 0.6) is 5.75 Å². The number of carbonyl (C=O) groups excluding carboxylic acids is 1. The second kappa shape index (κ2) is 10.7. The van der Waals surface area contributed by atoms with E-state index >= 15 is 0 Å². The summed E-state index contributed by atoms with van der Waals surface area (Å²) in [6.07, 6.45) is 1.13. The van der Waals surface area contributed by atoms with Gasteiger partial charge in [0.15, 0.2) is 0 Å². The molecule has 9 heteroatoms. The molecule has 3 aromatic rings. The Kier molecular flexibility index (Phi) is 8.01. The number of para-hydroxylation sites is 1. The van der Waals surface area contributed by atoms with E-state index in [0.717, 1.165) is 11.8 Å². The summed E-state index contributed by atoms with van der Waals surface area (Å²) >= 11 is 12.0. The molecule has 32 heavy (non-hydrogen) atoms. The molecular weight excluding hydrogens is 471 g/mol. The highest BCUT2D eigenvalue weighted by atomic mass is 35.5. The molecule has 1 N–H and O–H groups in total. The summed E-state index contributed by atoms with van der Waals surface area (Å²) in [6, 6.07) is 20.5. The zero-order valence-corrected chi connectivity index (χ0v) is 19.6.